The summed E-state index contributed by atoms with van der Waals surface area (Å²) < 4.78 is 3.39. The molecule has 1 atom stereocenters. The van der Waals surface area contributed by atoms with Crippen molar-refractivity contribution in [1.82, 2.24) is 0 Å². The molecule has 0 spiro atoms. The molecule has 1 nitrogen and oxygen atoms in total. The Balaban J connectivity index is 2.35. The Morgan fingerprint density at radius 3 is 2.59 bits per heavy atom. The summed E-state index contributed by atoms with van der Waals surface area (Å²) in [6.07, 6.45) is 4.85. The molecule has 17 heavy (non-hydrogen) atoms. The molecule has 4 heteroatoms. The zero-order valence-corrected chi connectivity index (χ0v) is 14.2. The molecule has 90 valence electrons. The van der Waals surface area contributed by atoms with Gasteiger partial charge in [-0.15, -0.1) is 0 Å². The summed E-state index contributed by atoms with van der Waals surface area (Å²) >= 11 is 11.0. The summed E-state index contributed by atoms with van der Waals surface area (Å²) in [6.45, 7) is 2.17. The first-order valence-corrected chi connectivity index (χ1v) is 8.21. The average Bonchev–Trinajstić information content (AvgIpc) is 2.51. The van der Waals surface area contributed by atoms with Gasteiger partial charge in [0.25, 0.3) is 0 Å². The highest BCUT2D eigenvalue weighted by atomic mass is 79.9. The van der Waals surface area contributed by atoms with Crippen LogP contribution in [0, 0.1) is 5.92 Å². The van der Waals surface area contributed by atoms with Crippen LogP contribution in [0.2, 0.25) is 0 Å². The van der Waals surface area contributed by atoms with Crippen molar-refractivity contribution in [2.24, 2.45) is 10.9 Å². The highest BCUT2D eigenvalue weighted by molar-refractivity contribution is 9.14. The molecule has 0 amide bonds. The Morgan fingerprint density at radius 2 is 1.82 bits per heavy atom. The summed E-state index contributed by atoms with van der Waals surface area (Å²) in [5.41, 5.74) is 5.33. The standard InChI is InChI=1S/C13H12Br3N/c1-6-7-3-2-4-8-9(5-7)13(17-6)12(16)11(15)10(8)14/h7H,2-5H2,1H3. The van der Waals surface area contributed by atoms with Gasteiger partial charge in [0, 0.05) is 20.6 Å². The van der Waals surface area contributed by atoms with E-state index in [-0.39, 0.29) is 0 Å². The Labute approximate surface area is 126 Å². The molecule has 1 unspecified atom stereocenters. The second kappa shape index (κ2) is 4.46. The number of hydrogen-bond acceptors (Lipinski definition) is 1. The minimum atomic E-state index is 0.656. The minimum absolute atomic E-state index is 0.656. The second-order valence-electron chi connectivity index (χ2n) is 4.79. The monoisotopic (exact) mass is 419 g/mol. The molecule has 0 radical (unpaired) electrons. The van der Waals surface area contributed by atoms with Crippen molar-refractivity contribution in [2.75, 3.05) is 0 Å². The molecule has 2 aliphatic rings. The number of halogens is 3. The van der Waals surface area contributed by atoms with Crippen LogP contribution in [0.1, 0.15) is 30.9 Å². The fraction of sp³-hybridized carbons (Fsp3) is 0.462. The SMILES string of the molecule is CC1=Nc2c(Br)c(Br)c(Br)c3c2CC1CCC3. The van der Waals surface area contributed by atoms with Gasteiger partial charge in [-0.05, 0) is 91.5 Å². The smallest absolute Gasteiger partial charge is 0.0818 e. The van der Waals surface area contributed by atoms with E-state index in [4.69, 9.17) is 4.99 Å². The van der Waals surface area contributed by atoms with E-state index in [1.807, 2.05) is 0 Å². The fourth-order valence-electron chi connectivity index (χ4n) is 2.84. The number of fused-ring (bicyclic) bond motifs is 1. The molecule has 1 aliphatic carbocycles. The first kappa shape index (κ1) is 12.4. The molecule has 0 N–H and O–H groups in total. The van der Waals surface area contributed by atoms with E-state index in [0.29, 0.717) is 5.92 Å². The molecular weight excluding hydrogens is 410 g/mol. The maximum absolute atomic E-state index is 4.82. The van der Waals surface area contributed by atoms with Gasteiger partial charge >= 0.3 is 0 Å². The predicted octanol–water partition coefficient (Wildman–Crippen LogP) is 5.58. The molecule has 2 bridgehead atoms. The van der Waals surface area contributed by atoms with E-state index in [2.05, 4.69) is 54.7 Å². The van der Waals surface area contributed by atoms with E-state index in [9.17, 15) is 0 Å². The normalized spacial score (nSPS) is 22.1. The molecular formula is C13H12Br3N. The van der Waals surface area contributed by atoms with Gasteiger partial charge in [0.05, 0.1) is 10.2 Å². The molecule has 3 rings (SSSR count). The predicted molar refractivity (Wildman–Crippen MR) is 82.4 cm³/mol. The van der Waals surface area contributed by atoms with Gasteiger partial charge in [0.15, 0.2) is 0 Å². The molecule has 0 aromatic heterocycles. The summed E-state index contributed by atoms with van der Waals surface area (Å²) in [5, 5.41) is 0. The molecule has 1 aliphatic heterocycles. The zero-order chi connectivity index (χ0) is 12.2. The van der Waals surface area contributed by atoms with Crippen molar-refractivity contribution in [2.45, 2.75) is 32.6 Å². The van der Waals surface area contributed by atoms with Gasteiger partial charge in [-0.3, -0.25) is 4.99 Å². The Kier molecular flexibility index (Phi) is 3.25. The third-order valence-electron chi connectivity index (χ3n) is 3.82. The lowest BCUT2D eigenvalue weighted by molar-refractivity contribution is 0.605. The highest BCUT2D eigenvalue weighted by Crippen LogP contribution is 2.48. The molecule has 0 fully saturated rings. The number of hydrogen-bond donors (Lipinski definition) is 0. The Morgan fingerprint density at radius 1 is 1.06 bits per heavy atom. The lowest BCUT2D eigenvalue weighted by Crippen LogP contribution is -2.17. The van der Waals surface area contributed by atoms with E-state index in [1.165, 1.54) is 34.2 Å². The maximum atomic E-state index is 4.82. The minimum Gasteiger partial charge on any atom is -0.256 e. The van der Waals surface area contributed by atoms with E-state index in [1.54, 1.807) is 0 Å². The van der Waals surface area contributed by atoms with Gasteiger partial charge in [-0.25, -0.2) is 0 Å². The average molecular weight is 422 g/mol. The van der Waals surface area contributed by atoms with Crippen LogP contribution in [-0.4, -0.2) is 5.71 Å². The first-order valence-electron chi connectivity index (χ1n) is 5.83. The van der Waals surface area contributed by atoms with Crippen LogP contribution in [0.3, 0.4) is 0 Å². The summed E-state index contributed by atoms with van der Waals surface area (Å²) in [5.74, 6) is 0.656. The molecule has 0 saturated heterocycles. The maximum Gasteiger partial charge on any atom is 0.0818 e. The van der Waals surface area contributed by atoms with Crippen molar-refractivity contribution < 1.29 is 0 Å². The van der Waals surface area contributed by atoms with Crippen molar-refractivity contribution >= 4 is 59.2 Å². The Bertz CT molecular complexity index is 534. The van der Waals surface area contributed by atoms with Crippen LogP contribution in [0.5, 0.6) is 0 Å². The van der Waals surface area contributed by atoms with Crippen LogP contribution >= 0.6 is 47.8 Å². The number of nitrogens with zero attached hydrogens (tertiary/aromatic N) is 1. The number of rotatable bonds is 0. The van der Waals surface area contributed by atoms with Crippen LogP contribution < -0.4 is 0 Å². The molecule has 1 aromatic carbocycles. The fourth-order valence-corrected chi connectivity index (χ4v) is 4.69. The van der Waals surface area contributed by atoms with Gasteiger partial charge in [0.1, 0.15) is 0 Å². The number of aliphatic imine (C=N–C) groups is 1. The van der Waals surface area contributed by atoms with E-state index < -0.39 is 0 Å². The molecule has 1 heterocycles. The first-order chi connectivity index (χ1) is 8.09. The van der Waals surface area contributed by atoms with Gasteiger partial charge in [-0.2, -0.15) is 0 Å². The summed E-state index contributed by atoms with van der Waals surface area (Å²) in [6, 6.07) is 0. The van der Waals surface area contributed by atoms with Crippen molar-refractivity contribution in [1.29, 1.82) is 0 Å². The lowest BCUT2D eigenvalue weighted by atomic mass is 9.89. The van der Waals surface area contributed by atoms with E-state index >= 15 is 0 Å². The number of benzene rings is 1. The summed E-state index contributed by atoms with van der Waals surface area (Å²) in [7, 11) is 0. The van der Waals surface area contributed by atoms with Gasteiger partial charge < -0.3 is 0 Å². The van der Waals surface area contributed by atoms with E-state index in [0.717, 1.165) is 27.5 Å². The van der Waals surface area contributed by atoms with Crippen LogP contribution in [0.4, 0.5) is 5.69 Å². The topological polar surface area (TPSA) is 12.4 Å². The molecule has 0 saturated carbocycles. The van der Waals surface area contributed by atoms with Crippen molar-refractivity contribution in [3.8, 4) is 0 Å². The lowest BCUT2D eigenvalue weighted by Gasteiger charge is -2.24. The largest absolute Gasteiger partial charge is 0.256 e. The second-order valence-corrected chi connectivity index (χ2v) is 7.17. The van der Waals surface area contributed by atoms with Gasteiger partial charge in [-0.1, -0.05) is 0 Å². The highest BCUT2D eigenvalue weighted by Gasteiger charge is 2.29. The van der Waals surface area contributed by atoms with Crippen molar-refractivity contribution in [3.63, 3.8) is 0 Å². The quantitative estimate of drug-likeness (QED) is 0.485. The van der Waals surface area contributed by atoms with Gasteiger partial charge in [0.2, 0.25) is 0 Å². The van der Waals surface area contributed by atoms with Crippen molar-refractivity contribution in [3.05, 3.63) is 24.5 Å². The molecule has 1 aromatic rings. The van der Waals surface area contributed by atoms with Crippen LogP contribution in [0.25, 0.3) is 0 Å². The summed E-state index contributed by atoms with van der Waals surface area (Å²) in [4.78, 5) is 4.82. The Hall–Kier alpha value is 0.330. The van der Waals surface area contributed by atoms with Crippen LogP contribution in [0.15, 0.2) is 18.4 Å². The zero-order valence-electron chi connectivity index (χ0n) is 9.49. The third kappa shape index (κ3) is 1.87. The third-order valence-corrected chi connectivity index (χ3v) is 7.32. The van der Waals surface area contributed by atoms with Crippen LogP contribution in [-0.2, 0) is 12.8 Å².